The summed E-state index contributed by atoms with van der Waals surface area (Å²) >= 11 is 5.21. The normalized spacial score (nSPS) is 15.7. The Labute approximate surface area is 86.3 Å². The lowest BCUT2D eigenvalue weighted by Gasteiger charge is -2.12. The molecule has 5 nitrogen and oxygen atoms in total. The maximum absolute atomic E-state index is 5.36. The lowest BCUT2D eigenvalue weighted by atomic mass is 10.2. The van der Waals surface area contributed by atoms with Crippen molar-refractivity contribution < 1.29 is 9.57 Å². The minimum atomic E-state index is 0.468. The molecule has 14 heavy (non-hydrogen) atoms. The molecule has 76 valence electrons. The summed E-state index contributed by atoms with van der Waals surface area (Å²) in [5.41, 5.74) is 1.74. The Bertz CT molecular complexity index is 432. The second-order valence-corrected chi connectivity index (χ2v) is 3.44. The summed E-state index contributed by atoms with van der Waals surface area (Å²) in [5, 5.41) is 6.90. The number of aryl methyl sites for hydroxylation is 2. The number of aromatic amines is 1. The fourth-order valence-electron chi connectivity index (χ4n) is 1.36. The number of nitrogens with one attached hydrogen (secondary N) is 1. The quantitative estimate of drug-likeness (QED) is 0.711. The number of oxime groups is 1. The van der Waals surface area contributed by atoms with Crippen LogP contribution in [0.2, 0.25) is 0 Å². The van der Waals surface area contributed by atoms with Gasteiger partial charge in [0.05, 0.1) is 5.56 Å². The molecule has 1 aromatic heterocycles. The zero-order chi connectivity index (χ0) is 10.1. The Balaban J connectivity index is 2.50. The van der Waals surface area contributed by atoms with Crippen LogP contribution in [0.4, 0.5) is 0 Å². The summed E-state index contributed by atoms with van der Waals surface area (Å²) in [6.45, 7) is 2.93. The molecule has 0 unspecified atom stereocenters. The molecule has 0 aromatic carbocycles. The molecule has 0 saturated carbocycles. The Hall–Kier alpha value is -1.30. The predicted molar refractivity (Wildman–Crippen MR) is 53.8 cm³/mol. The molecule has 1 aliphatic rings. The van der Waals surface area contributed by atoms with E-state index in [1.54, 1.807) is 4.68 Å². The molecule has 0 atom stereocenters. The molecule has 0 spiro atoms. The largest absolute Gasteiger partial charge is 0.471 e. The average Bonchev–Trinajstić information content (AvgIpc) is 2.43. The molecular formula is C8H11N3O2S. The van der Waals surface area contributed by atoms with Crippen LogP contribution in [0.25, 0.3) is 0 Å². The first-order valence-electron chi connectivity index (χ1n) is 4.29. The molecule has 2 rings (SSSR count). The number of ether oxygens (including phenoxy) is 1. The molecular weight excluding hydrogens is 202 g/mol. The van der Waals surface area contributed by atoms with Crippen LogP contribution >= 0.6 is 12.2 Å². The summed E-state index contributed by atoms with van der Waals surface area (Å²) in [6.07, 6.45) is 0. The SMILES string of the molecule is Cc1[nH]n(C)c(=S)c1C1=NOCCO1. The van der Waals surface area contributed by atoms with E-state index in [9.17, 15) is 0 Å². The van der Waals surface area contributed by atoms with Crippen LogP contribution in [-0.4, -0.2) is 28.9 Å². The van der Waals surface area contributed by atoms with E-state index >= 15 is 0 Å². The Morgan fingerprint density at radius 3 is 2.79 bits per heavy atom. The van der Waals surface area contributed by atoms with Crippen LogP contribution in [-0.2, 0) is 16.6 Å². The summed E-state index contributed by atoms with van der Waals surface area (Å²) < 4.78 is 7.79. The van der Waals surface area contributed by atoms with E-state index in [1.165, 1.54) is 0 Å². The van der Waals surface area contributed by atoms with Crippen LogP contribution in [0.1, 0.15) is 11.3 Å². The lowest BCUT2D eigenvalue weighted by Crippen LogP contribution is -2.17. The van der Waals surface area contributed by atoms with Crippen LogP contribution in [0, 0.1) is 11.6 Å². The molecule has 1 N–H and O–H groups in total. The standard InChI is InChI=1S/C8H11N3O2S/c1-5-6(8(14)11(2)9-5)7-10-13-4-3-12-7/h9H,3-4H2,1-2H3. The summed E-state index contributed by atoms with van der Waals surface area (Å²) in [5.74, 6) is 0.468. The number of nitrogens with zero attached hydrogens (tertiary/aromatic N) is 2. The van der Waals surface area contributed by atoms with Crippen molar-refractivity contribution in [1.82, 2.24) is 9.78 Å². The number of rotatable bonds is 1. The van der Waals surface area contributed by atoms with Gasteiger partial charge in [0.25, 0.3) is 5.90 Å². The number of hydrogen-bond acceptors (Lipinski definition) is 4. The van der Waals surface area contributed by atoms with Gasteiger partial charge in [-0.25, -0.2) is 0 Å². The summed E-state index contributed by atoms with van der Waals surface area (Å²) in [4.78, 5) is 4.95. The minimum Gasteiger partial charge on any atom is -0.471 e. The second-order valence-electron chi connectivity index (χ2n) is 3.05. The molecule has 1 aromatic rings. The number of hydrogen-bond donors (Lipinski definition) is 1. The highest BCUT2D eigenvalue weighted by atomic mass is 32.1. The molecule has 0 aliphatic carbocycles. The van der Waals surface area contributed by atoms with Crippen LogP contribution < -0.4 is 0 Å². The monoisotopic (exact) mass is 213 g/mol. The highest BCUT2D eigenvalue weighted by Crippen LogP contribution is 2.12. The van der Waals surface area contributed by atoms with Crippen molar-refractivity contribution in [2.75, 3.05) is 13.2 Å². The van der Waals surface area contributed by atoms with E-state index in [4.69, 9.17) is 21.8 Å². The van der Waals surface area contributed by atoms with Gasteiger partial charge in [0.2, 0.25) is 0 Å². The van der Waals surface area contributed by atoms with Gasteiger partial charge in [0.1, 0.15) is 11.2 Å². The topological polar surface area (TPSA) is 51.5 Å². The minimum absolute atomic E-state index is 0.468. The third-order valence-electron chi connectivity index (χ3n) is 2.00. The number of H-pyrrole nitrogens is 1. The van der Waals surface area contributed by atoms with Crippen molar-refractivity contribution in [2.45, 2.75) is 6.92 Å². The van der Waals surface area contributed by atoms with E-state index in [-0.39, 0.29) is 0 Å². The fourth-order valence-corrected chi connectivity index (χ4v) is 1.65. The van der Waals surface area contributed by atoms with Gasteiger partial charge >= 0.3 is 0 Å². The van der Waals surface area contributed by atoms with Gasteiger partial charge in [-0.1, -0.05) is 12.2 Å². The van der Waals surface area contributed by atoms with Crippen molar-refractivity contribution in [3.8, 4) is 0 Å². The Morgan fingerprint density at radius 2 is 2.29 bits per heavy atom. The van der Waals surface area contributed by atoms with Gasteiger partial charge < -0.3 is 14.7 Å². The van der Waals surface area contributed by atoms with E-state index in [1.807, 2.05) is 14.0 Å². The van der Waals surface area contributed by atoms with Crippen LogP contribution in [0.3, 0.4) is 0 Å². The van der Waals surface area contributed by atoms with Crippen molar-refractivity contribution in [1.29, 1.82) is 0 Å². The Morgan fingerprint density at radius 1 is 1.50 bits per heavy atom. The summed E-state index contributed by atoms with van der Waals surface area (Å²) in [7, 11) is 1.85. The predicted octanol–water partition coefficient (Wildman–Crippen LogP) is 1.10. The molecule has 6 heteroatoms. The molecule has 1 aliphatic heterocycles. The van der Waals surface area contributed by atoms with Gasteiger partial charge in [-0.05, 0) is 12.1 Å². The second kappa shape index (κ2) is 3.45. The van der Waals surface area contributed by atoms with E-state index < -0.39 is 0 Å². The first kappa shape index (κ1) is 9.26. The molecule has 0 saturated heterocycles. The van der Waals surface area contributed by atoms with Crippen molar-refractivity contribution in [3.05, 3.63) is 15.9 Å². The van der Waals surface area contributed by atoms with Gasteiger partial charge in [-0.3, -0.25) is 4.68 Å². The van der Waals surface area contributed by atoms with Crippen molar-refractivity contribution in [2.24, 2.45) is 12.2 Å². The van der Waals surface area contributed by atoms with Gasteiger partial charge in [-0.2, -0.15) is 0 Å². The molecule has 0 radical (unpaired) electrons. The maximum atomic E-state index is 5.36. The third kappa shape index (κ3) is 1.41. The molecule has 0 fully saturated rings. The summed E-state index contributed by atoms with van der Waals surface area (Å²) in [6, 6.07) is 0. The third-order valence-corrected chi connectivity index (χ3v) is 2.48. The van der Waals surface area contributed by atoms with Gasteiger partial charge in [0, 0.05) is 12.7 Å². The lowest BCUT2D eigenvalue weighted by molar-refractivity contribution is 0.0654. The smallest absolute Gasteiger partial charge is 0.262 e. The van der Waals surface area contributed by atoms with Crippen LogP contribution in [0.15, 0.2) is 5.16 Å². The van der Waals surface area contributed by atoms with Gasteiger partial charge in [-0.15, -0.1) is 0 Å². The maximum Gasteiger partial charge on any atom is 0.262 e. The van der Waals surface area contributed by atoms with Gasteiger partial charge in [0.15, 0.2) is 6.61 Å². The zero-order valence-corrected chi connectivity index (χ0v) is 8.85. The number of aromatic nitrogens is 2. The highest BCUT2D eigenvalue weighted by molar-refractivity contribution is 7.71. The zero-order valence-electron chi connectivity index (χ0n) is 8.03. The first-order valence-corrected chi connectivity index (χ1v) is 4.69. The first-order chi connectivity index (χ1) is 6.70. The molecule has 0 bridgehead atoms. The van der Waals surface area contributed by atoms with E-state index in [0.29, 0.717) is 23.8 Å². The molecule has 0 amide bonds. The molecule has 2 heterocycles. The van der Waals surface area contributed by atoms with Crippen LogP contribution in [0.5, 0.6) is 0 Å². The van der Waals surface area contributed by atoms with Crippen molar-refractivity contribution >= 4 is 18.1 Å². The average molecular weight is 213 g/mol. The Kier molecular flexibility index (Phi) is 2.28. The highest BCUT2D eigenvalue weighted by Gasteiger charge is 2.17. The van der Waals surface area contributed by atoms with Crippen molar-refractivity contribution in [3.63, 3.8) is 0 Å². The fraction of sp³-hybridized carbons (Fsp3) is 0.500. The van der Waals surface area contributed by atoms with E-state index in [2.05, 4.69) is 10.3 Å². The van der Waals surface area contributed by atoms with E-state index in [0.717, 1.165) is 11.3 Å².